The fraction of sp³-hybridized carbons (Fsp3) is 0.0196. The Morgan fingerprint density at radius 3 is 1.38 bits per heavy atom. The molecule has 0 spiro atoms. The highest BCUT2D eigenvalue weighted by atomic mass is 14.8. The summed E-state index contributed by atoms with van der Waals surface area (Å²) in [4.78, 5) is 15.0. The summed E-state index contributed by atoms with van der Waals surface area (Å²) in [5.41, 5.74) is 15.2. The molecular weight excluding hydrogens is 669 g/mol. The Morgan fingerprint density at radius 1 is 0.418 bits per heavy atom. The van der Waals surface area contributed by atoms with Crippen molar-refractivity contribution < 1.29 is 0 Å². The lowest BCUT2D eigenvalue weighted by molar-refractivity contribution is 1.32. The van der Waals surface area contributed by atoms with Gasteiger partial charge in [0.15, 0.2) is 0 Å². The Labute approximate surface area is 322 Å². The Balaban J connectivity index is 1.20. The van der Waals surface area contributed by atoms with Gasteiger partial charge < -0.3 is 0 Å². The molecule has 0 aliphatic rings. The van der Waals surface area contributed by atoms with Gasteiger partial charge in [-0.1, -0.05) is 164 Å². The van der Waals surface area contributed by atoms with Crippen molar-refractivity contribution >= 4 is 17.1 Å². The fourth-order valence-corrected chi connectivity index (χ4v) is 6.74. The first kappa shape index (κ1) is 34.6. The number of nitriles is 1. The molecule has 8 rings (SSSR count). The predicted molar refractivity (Wildman–Crippen MR) is 228 cm³/mol. The Morgan fingerprint density at radius 2 is 0.873 bits per heavy atom. The van der Waals surface area contributed by atoms with Crippen LogP contribution in [-0.2, 0) is 0 Å². The van der Waals surface area contributed by atoms with Crippen LogP contribution < -0.4 is 0 Å². The molecule has 1 aromatic heterocycles. The van der Waals surface area contributed by atoms with Crippen molar-refractivity contribution in [3.05, 3.63) is 217 Å². The van der Waals surface area contributed by atoms with E-state index in [1.807, 2.05) is 60.7 Å². The summed E-state index contributed by atoms with van der Waals surface area (Å²) in [6.07, 6.45) is 0. The van der Waals surface area contributed by atoms with Gasteiger partial charge in [0, 0.05) is 29.3 Å². The molecule has 0 aliphatic carbocycles. The first-order chi connectivity index (χ1) is 27.1. The van der Waals surface area contributed by atoms with Crippen molar-refractivity contribution in [1.82, 2.24) is 4.98 Å². The lowest BCUT2D eigenvalue weighted by Gasteiger charge is -2.14. The molecule has 0 saturated heterocycles. The molecule has 4 heteroatoms. The second kappa shape index (κ2) is 16.0. The molecule has 0 aliphatic heterocycles. The van der Waals surface area contributed by atoms with Gasteiger partial charge in [0.1, 0.15) is 0 Å². The van der Waals surface area contributed by atoms with Crippen molar-refractivity contribution in [3.63, 3.8) is 0 Å². The smallest absolute Gasteiger partial charge is 0.0991 e. The number of aromatic nitrogens is 1. The van der Waals surface area contributed by atoms with E-state index in [1.165, 1.54) is 11.1 Å². The van der Waals surface area contributed by atoms with E-state index in [1.54, 1.807) is 13.1 Å². The van der Waals surface area contributed by atoms with Gasteiger partial charge in [0.25, 0.3) is 0 Å². The summed E-state index contributed by atoms with van der Waals surface area (Å²) in [7, 11) is 1.77. The normalized spacial score (nSPS) is 11.6. The van der Waals surface area contributed by atoms with Gasteiger partial charge in [-0.15, -0.1) is 0 Å². The van der Waals surface area contributed by atoms with E-state index >= 15 is 0 Å². The van der Waals surface area contributed by atoms with E-state index in [0.29, 0.717) is 11.3 Å². The molecule has 0 bridgehead atoms. The monoisotopic (exact) mass is 704 g/mol. The fourth-order valence-electron chi connectivity index (χ4n) is 6.74. The van der Waals surface area contributed by atoms with Crippen LogP contribution >= 0.6 is 0 Å². The van der Waals surface area contributed by atoms with Crippen LogP contribution in [0.5, 0.6) is 0 Å². The number of hydrogen-bond acceptors (Lipinski definition) is 4. The molecule has 260 valence electrons. The van der Waals surface area contributed by atoms with Gasteiger partial charge in [-0.05, 0) is 69.8 Å². The molecule has 0 unspecified atom stereocenters. The summed E-state index contributed by atoms with van der Waals surface area (Å²) >= 11 is 0. The minimum absolute atomic E-state index is 0.571. The molecular formula is C51H36N4. The zero-order valence-electron chi connectivity index (χ0n) is 30.3. The van der Waals surface area contributed by atoms with Gasteiger partial charge in [0.05, 0.1) is 40.1 Å². The first-order valence-electron chi connectivity index (χ1n) is 18.2. The molecule has 4 nitrogen and oxygen atoms in total. The molecule has 0 radical (unpaired) electrons. The van der Waals surface area contributed by atoms with E-state index in [0.717, 1.165) is 67.3 Å². The Bertz CT molecular complexity index is 2550. The standard InChI is InChI=1S/C51H36N4/c1-53-50(45-17-11-12-36(32-45)35-52)51(54-47-18-9-4-10-19-47)44-30-24-41(25-31-44)46-33-48(42-26-20-39(21-27-42)37-13-5-2-6-14-37)55-49(34-46)43-28-22-40(23-29-43)38-15-7-3-8-16-38/h2-34H,1H3. The third-order valence-electron chi connectivity index (χ3n) is 9.60. The maximum Gasteiger partial charge on any atom is 0.0991 e. The third-order valence-corrected chi connectivity index (χ3v) is 9.60. The molecule has 0 N–H and O–H groups in total. The van der Waals surface area contributed by atoms with Gasteiger partial charge in [-0.25, -0.2) is 9.98 Å². The molecule has 7 aromatic carbocycles. The van der Waals surface area contributed by atoms with Crippen molar-refractivity contribution in [2.75, 3.05) is 7.05 Å². The van der Waals surface area contributed by atoms with Crippen molar-refractivity contribution in [2.24, 2.45) is 9.98 Å². The van der Waals surface area contributed by atoms with Crippen molar-refractivity contribution in [2.45, 2.75) is 0 Å². The van der Waals surface area contributed by atoms with E-state index in [9.17, 15) is 5.26 Å². The molecule has 0 saturated carbocycles. The van der Waals surface area contributed by atoms with Crippen LogP contribution in [-0.4, -0.2) is 23.5 Å². The van der Waals surface area contributed by atoms with Gasteiger partial charge in [-0.2, -0.15) is 5.26 Å². The number of aliphatic imine (C=N–C) groups is 2. The maximum absolute atomic E-state index is 9.62. The van der Waals surface area contributed by atoms with Crippen LogP contribution in [0.1, 0.15) is 16.7 Å². The van der Waals surface area contributed by atoms with E-state index in [2.05, 4.69) is 140 Å². The van der Waals surface area contributed by atoms with E-state index in [4.69, 9.17) is 15.0 Å². The van der Waals surface area contributed by atoms with Crippen LogP contribution in [0.2, 0.25) is 0 Å². The lowest BCUT2D eigenvalue weighted by atomic mass is 9.95. The Kier molecular flexibility index (Phi) is 10.1. The maximum atomic E-state index is 9.62. The number of benzene rings is 7. The van der Waals surface area contributed by atoms with Crippen LogP contribution in [0.3, 0.4) is 0 Å². The number of nitrogens with zero attached hydrogens (tertiary/aromatic N) is 4. The zero-order valence-corrected chi connectivity index (χ0v) is 30.3. The van der Waals surface area contributed by atoms with Gasteiger partial charge >= 0.3 is 0 Å². The summed E-state index contributed by atoms with van der Waals surface area (Å²) in [5, 5.41) is 9.62. The summed E-state index contributed by atoms with van der Waals surface area (Å²) in [6.45, 7) is 0. The highest BCUT2D eigenvalue weighted by molar-refractivity contribution is 6.54. The van der Waals surface area contributed by atoms with Crippen LogP contribution in [0.4, 0.5) is 5.69 Å². The number of rotatable bonds is 9. The minimum atomic E-state index is 0.571. The lowest BCUT2D eigenvalue weighted by Crippen LogP contribution is -2.17. The zero-order chi connectivity index (χ0) is 37.4. The minimum Gasteiger partial charge on any atom is -0.286 e. The first-order valence-corrected chi connectivity index (χ1v) is 18.2. The highest BCUT2D eigenvalue weighted by Gasteiger charge is 2.16. The van der Waals surface area contributed by atoms with Crippen LogP contribution in [0.25, 0.3) is 55.9 Å². The van der Waals surface area contributed by atoms with Gasteiger partial charge in [-0.3, -0.25) is 4.99 Å². The molecule has 0 fully saturated rings. The third kappa shape index (κ3) is 7.83. The summed E-state index contributed by atoms with van der Waals surface area (Å²) in [5.74, 6) is 0. The van der Waals surface area contributed by atoms with Crippen LogP contribution in [0.15, 0.2) is 210 Å². The summed E-state index contributed by atoms with van der Waals surface area (Å²) < 4.78 is 0. The van der Waals surface area contributed by atoms with E-state index in [-0.39, 0.29) is 0 Å². The highest BCUT2D eigenvalue weighted by Crippen LogP contribution is 2.33. The second-order valence-electron chi connectivity index (χ2n) is 13.2. The molecule has 0 atom stereocenters. The van der Waals surface area contributed by atoms with Gasteiger partial charge in [0.2, 0.25) is 0 Å². The van der Waals surface area contributed by atoms with Crippen molar-refractivity contribution in [3.8, 4) is 62.0 Å². The molecule has 0 amide bonds. The molecule has 1 heterocycles. The number of para-hydroxylation sites is 1. The van der Waals surface area contributed by atoms with Crippen LogP contribution in [0, 0.1) is 11.3 Å². The van der Waals surface area contributed by atoms with E-state index < -0.39 is 0 Å². The molecule has 55 heavy (non-hydrogen) atoms. The average molecular weight is 705 g/mol. The average Bonchev–Trinajstić information content (AvgIpc) is 3.27. The topological polar surface area (TPSA) is 61.4 Å². The number of pyridine rings is 1. The Hall–Kier alpha value is -7.48. The van der Waals surface area contributed by atoms with Crippen molar-refractivity contribution in [1.29, 1.82) is 5.26 Å². The largest absolute Gasteiger partial charge is 0.286 e. The molecule has 8 aromatic rings. The quantitative estimate of drug-likeness (QED) is 0.140. The number of hydrogen-bond donors (Lipinski definition) is 0. The SMILES string of the molecule is CN=C(C(=Nc1ccccc1)c1ccc(-c2cc(-c3ccc(-c4ccccc4)cc3)nc(-c3ccc(-c4ccccc4)cc3)c2)cc1)c1cccc(C#N)c1. The summed E-state index contributed by atoms with van der Waals surface area (Å²) in [6, 6.07) is 70.5. The second-order valence-corrected chi connectivity index (χ2v) is 13.2. The predicted octanol–water partition coefficient (Wildman–Crippen LogP) is 12.5.